The van der Waals surface area contributed by atoms with E-state index in [0.717, 1.165) is 48.7 Å². The molecule has 2 aliphatic rings. The van der Waals surface area contributed by atoms with E-state index in [1.54, 1.807) is 0 Å². The fourth-order valence-corrected chi connectivity index (χ4v) is 3.38. The maximum atomic E-state index is 12.6. The molecule has 0 spiro atoms. The number of ether oxygens (including phenoxy) is 2. The lowest BCUT2D eigenvalue weighted by molar-refractivity contribution is -0.129. The van der Waals surface area contributed by atoms with Crippen LogP contribution in [-0.4, -0.2) is 35.7 Å². The van der Waals surface area contributed by atoms with Gasteiger partial charge in [-0.1, -0.05) is 12.1 Å². The van der Waals surface area contributed by atoms with Crippen molar-refractivity contribution in [2.75, 3.05) is 19.9 Å². The molecule has 1 amide bonds. The Morgan fingerprint density at radius 3 is 3.00 bits per heavy atom. The Morgan fingerprint density at radius 1 is 1.21 bits per heavy atom. The van der Waals surface area contributed by atoms with Gasteiger partial charge in [0.05, 0.1) is 6.42 Å². The van der Waals surface area contributed by atoms with Crippen molar-refractivity contribution in [2.45, 2.75) is 19.3 Å². The van der Waals surface area contributed by atoms with Gasteiger partial charge in [0.25, 0.3) is 0 Å². The minimum absolute atomic E-state index is 0.178. The summed E-state index contributed by atoms with van der Waals surface area (Å²) in [5, 5.41) is 0. The second kappa shape index (κ2) is 6.51. The Balaban J connectivity index is 1.34. The van der Waals surface area contributed by atoms with E-state index in [-0.39, 0.29) is 12.7 Å². The highest BCUT2D eigenvalue weighted by Crippen LogP contribution is 2.32. The number of amides is 1. The first-order chi connectivity index (χ1) is 11.8. The highest BCUT2D eigenvalue weighted by Gasteiger charge is 2.27. The van der Waals surface area contributed by atoms with E-state index < -0.39 is 0 Å². The molecule has 5 heteroatoms. The molecule has 3 heterocycles. The molecule has 1 aromatic heterocycles. The van der Waals surface area contributed by atoms with E-state index in [4.69, 9.17) is 9.47 Å². The number of pyridine rings is 1. The molecule has 2 aliphatic heterocycles. The van der Waals surface area contributed by atoms with Crippen molar-refractivity contribution in [1.82, 2.24) is 9.88 Å². The number of fused-ring (bicyclic) bond motifs is 1. The summed E-state index contributed by atoms with van der Waals surface area (Å²) in [6, 6.07) is 11.7. The molecule has 0 aliphatic carbocycles. The fourth-order valence-electron chi connectivity index (χ4n) is 3.38. The minimum atomic E-state index is 0.178. The summed E-state index contributed by atoms with van der Waals surface area (Å²) in [5.74, 6) is 2.16. The van der Waals surface area contributed by atoms with E-state index in [0.29, 0.717) is 12.3 Å². The van der Waals surface area contributed by atoms with Crippen molar-refractivity contribution in [3.8, 4) is 11.5 Å². The summed E-state index contributed by atoms with van der Waals surface area (Å²) in [4.78, 5) is 18.9. The van der Waals surface area contributed by atoms with Crippen LogP contribution in [-0.2, 0) is 17.6 Å². The number of likely N-dealkylation sites (tertiary alicyclic amines) is 1. The van der Waals surface area contributed by atoms with Crippen molar-refractivity contribution in [2.24, 2.45) is 5.92 Å². The first kappa shape index (κ1) is 15.0. The van der Waals surface area contributed by atoms with Crippen molar-refractivity contribution < 1.29 is 14.3 Å². The lowest BCUT2D eigenvalue weighted by Crippen LogP contribution is -2.30. The monoisotopic (exact) mass is 324 g/mol. The zero-order valence-corrected chi connectivity index (χ0v) is 13.5. The van der Waals surface area contributed by atoms with Gasteiger partial charge >= 0.3 is 0 Å². The molecule has 1 unspecified atom stereocenters. The average Bonchev–Trinajstić information content (AvgIpc) is 3.24. The second-order valence-corrected chi connectivity index (χ2v) is 6.38. The second-order valence-electron chi connectivity index (χ2n) is 6.38. The standard InChI is InChI=1S/C19H20N2O3/c22-19(11-14-4-5-17-18(10-14)24-13-23-17)21-8-6-15(12-21)9-16-3-1-2-7-20-16/h1-5,7,10,15H,6,8-9,11-13H2. The molecule has 0 N–H and O–H groups in total. The summed E-state index contributed by atoms with van der Waals surface area (Å²) >= 11 is 0. The van der Waals surface area contributed by atoms with Crippen molar-refractivity contribution in [3.63, 3.8) is 0 Å². The lowest BCUT2D eigenvalue weighted by Gasteiger charge is -2.16. The van der Waals surface area contributed by atoms with Crippen molar-refractivity contribution in [1.29, 1.82) is 0 Å². The van der Waals surface area contributed by atoms with E-state index in [9.17, 15) is 4.79 Å². The Kier molecular flexibility index (Phi) is 4.07. The van der Waals surface area contributed by atoms with Gasteiger partial charge < -0.3 is 14.4 Å². The maximum Gasteiger partial charge on any atom is 0.231 e. The third kappa shape index (κ3) is 3.20. The Bertz CT molecular complexity index is 733. The maximum absolute atomic E-state index is 12.6. The Labute approximate surface area is 141 Å². The zero-order valence-electron chi connectivity index (χ0n) is 13.5. The normalized spacial score (nSPS) is 18.8. The van der Waals surface area contributed by atoms with Gasteiger partial charge in [0.1, 0.15) is 0 Å². The van der Waals surface area contributed by atoms with Crippen LogP contribution in [0.25, 0.3) is 0 Å². The molecule has 24 heavy (non-hydrogen) atoms. The van der Waals surface area contributed by atoms with Crippen molar-refractivity contribution in [3.05, 3.63) is 53.9 Å². The third-order valence-corrected chi connectivity index (χ3v) is 4.65. The number of hydrogen-bond acceptors (Lipinski definition) is 4. The zero-order chi connectivity index (χ0) is 16.4. The molecule has 0 bridgehead atoms. The van der Waals surface area contributed by atoms with Crippen LogP contribution >= 0.6 is 0 Å². The Hall–Kier alpha value is -2.56. The summed E-state index contributed by atoms with van der Waals surface area (Å²) in [5.41, 5.74) is 2.07. The minimum Gasteiger partial charge on any atom is -0.454 e. The topological polar surface area (TPSA) is 51.7 Å². The van der Waals surface area contributed by atoms with Gasteiger partial charge in [0.15, 0.2) is 11.5 Å². The van der Waals surface area contributed by atoms with Crippen LogP contribution < -0.4 is 9.47 Å². The van der Waals surface area contributed by atoms with Crippen LogP contribution in [0.1, 0.15) is 17.7 Å². The average molecular weight is 324 g/mol. The summed E-state index contributed by atoms with van der Waals surface area (Å²) in [6.45, 7) is 1.91. The molecular formula is C19H20N2O3. The molecule has 1 atom stereocenters. The van der Waals surface area contributed by atoms with Crippen LogP contribution in [0.3, 0.4) is 0 Å². The highest BCUT2D eigenvalue weighted by atomic mass is 16.7. The van der Waals surface area contributed by atoms with Crippen LogP contribution in [0.15, 0.2) is 42.6 Å². The van der Waals surface area contributed by atoms with E-state index >= 15 is 0 Å². The SMILES string of the molecule is O=C(Cc1ccc2c(c1)OCO2)N1CCC(Cc2ccccn2)C1. The van der Waals surface area contributed by atoms with Gasteiger partial charge in [-0.25, -0.2) is 0 Å². The molecular weight excluding hydrogens is 304 g/mol. The number of hydrogen-bond donors (Lipinski definition) is 0. The first-order valence-electron chi connectivity index (χ1n) is 8.34. The largest absolute Gasteiger partial charge is 0.454 e. The predicted octanol–water partition coefficient (Wildman–Crippen LogP) is 2.44. The quantitative estimate of drug-likeness (QED) is 0.867. The molecule has 0 radical (unpaired) electrons. The molecule has 0 saturated carbocycles. The molecule has 1 aromatic carbocycles. The third-order valence-electron chi connectivity index (χ3n) is 4.65. The molecule has 4 rings (SSSR count). The smallest absolute Gasteiger partial charge is 0.231 e. The summed E-state index contributed by atoms with van der Waals surface area (Å²) < 4.78 is 10.7. The number of benzene rings is 1. The van der Waals surface area contributed by atoms with E-state index in [2.05, 4.69) is 11.1 Å². The van der Waals surface area contributed by atoms with Crippen LogP contribution in [0.5, 0.6) is 11.5 Å². The number of rotatable bonds is 4. The fraction of sp³-hybridized carbons (Fsp3) is 0.368. The number of nitrogens with zero attached hydrogens (tertiary/aromatic N) is 2. The summed E-state index contributed by atoms with van der Waals surface area (Å²) in [7, 11) is 0. The van der Waals surface area contributed by atoms with Crippen molar-refractivity contribution >= 4 is 5.91 Å². The predicted molar refractivity (Wildman–Crippen MR) is 88.9 cm³/mol. The number of aromatic nitrogens is 1. The molecule has 124 valence electrons. The lowest BCUT2D eigenvalue weighted by atomic mass is 10.0. The number of carbonyl (C=O) groups excluding carboxylic acids is 1. The highest BCUT2D eigenvalue weighted by molar-refractivity contribution is 5.79. The van der Waals surface area contributed by atoms with E-state index in [1.807, 2.05) is 41.4 Å². The number of carbonyl (C=O) groups is 1. The van der Waals surface area contributed by atoms with Crippen LogP contribution in [0.2, 0.25) is 0 Å². The van der Waals surface area contributed by atoms with Gasteiger partial charge in [-0.2, -0.15) is 0 Å². The van der Waals surface area contributed by atoms with E-state index in [1.165, 1.54) is 0 Å². The molecule has 5 nitrogen and oxygen atoms in total. The van der Waals surface area contributed by atoms with Gasteiger partial charge in [-0.15, -0.1) is 0 Å². The van der Waals surface area contributed by atoms with Crippen LogP contribution in [0.4, 0.5) is 0 Å². The molecule has 1 fully saturated rings. The first-order valence-corrected chi connectivity index (χ1v) is 8.34. The summed E-state index contributed by atoms with van der Waals surface area (Å²) in [6.07, 6.45) is 4.22. The molecule has 2 aromatic rings. The van der Waals surface area contributed by atoms with Gasteiger partial charge in [-0.3, -0.25) is 9.78 Å². The van der Waals surface area contributed by atoms with Gasteiger partial charge in [0, 0.05) is 25.0 Å². The van der Waals surface area contributed by atoms with Gasteiger partial charge in [-0.05, 0) is 48.6 Å². The van der Waals surface area contributed by atoms with Crippen LogP contribution in [0, 0.1) is 5.92 Å². The van der Waals surface area contributed by atoms with Gasteiger partial charge in [0.2, 0.25) is 12.7 Å². The Morgan fingerprint density at radius 2 is 2.12 bits per heavy atom. The molecule has 1 saturated heterocycles.